The van der Waals surface area contributed by atoms with Crippen molar-refractivity contribution in [1.82, 2.24) is 4.90 Å². The Hall–Kier alpha value is -0.460. The summed E-state index contributed by atoms with van der Waals surface area (Å²) in [6.45, 7) is 10.8. The number of hydrogen-bond acceptors (Lipinski definition) is 1. The fourth-order valence-electron chi connectivity index (χ4n) is 2.34. The molecule has 0 aliphatic carbocycles. The van der Waals surface area contributed by atoms with E-state index in [1.807, 2.05) is 0 Å². The molecule has 0 aromatic rings. The van der Waals surface area contributed by atoms with E-state index in [0.29, 0.717) is 12.1 Å². The lowest BCUT2D eigenvalue weighted by Crippen LogP contribution is -2.36. The molecule has 0 aromatic heterocycles. The Balaban J connectivity index is 2.68. The van der Waals surface area contributed by atoms with Gasteiger partial charge in [0.2, 0.25) is 0 Å². The van der Waals surface area contributed by atoms with Crippen molar-refractivity contribution in [2.75, 3.05) is 0 Å². The zero-order chi connectivity index (χ0) is 9.14. The van der Waals surface area contributed by atoms with Crippen LogP contribution in [0, 0.1) is 0 Å². The van der Waals surface area contributed by atoms with Gasteiger partial charge in [-0.05, 0) is 33.6 Å². The van der Waals surface area contributed by atoms with Crippen LogP contribution in [0.2, 0.25) is 0 Å². The molecule has 1 aliphatic heterocycles. The molecule has 1 heterocycles. The zero-order valence-corrected chi connectivity index (χ0v) is 8.64. The van der Waals surface area contributed by atoms with Crippen LogP contribution in [0.3, 0.4) is 0 Å². The highest BCUT2D eigenvalue weighted by Gasteiger charge is 2.21. The van der Waals surface area contributed by atoms with E-state index in [4.69, 9.17) is 0 Å². The Morgan fingerprint density at radius 2 is 1.58 bits per heavy atom. The van der Waals surface area contributed by atoms with Crippen molar-refractivity contribution in [1.29, 1.82) is 0 Å². The van der Waals surface area contributed by atoms with Gasteiger partial charge in [-0.25, -0.2) is 0 Å². The molecule has 1 fully saturated rings. The van der Waals surface area contributed by atoms with Crippen LogP contribution in [-0.2, 0) is 0 Å². The number of hydrogen-bond donors (Lipinski definition) is 0. The molecular weight excluding hydrogens is 146 g/mol. The van der Waals surface area contributed by atoms with Gasteiger partial charge in [0.15, 0.2) is 0 Å². The van der Waals surface area contributed by atoms with Gasteiger partial charge in [-0.2, -0.15) is 0 Å². The fourth-order valence-corrected chi connectivity index (χ4v) is 2.34. The second-order valence-corrected chi connectivity index (χ2v) is 4.13. The standard InChI is InChI=1S/C11H21N/c1-9(2)12-10(3)7-5-6-8-11(12)4/h10-11H,1,5-8H2,2-4H3. The van der Waals surface area contributed by atoms with Gasteiger partial charge in [0, 0.05) is 17.8 Å². The van der Waals surface area contributed by atoms with Crippen molar-refractivity contribution >= 4 is 0 Å². The van der Waals surface area contributed by atoms with E-state index >= 15 is 0 Å². The first-order valence-corrected chi connectivity index (χ1v) is 5.06. The Kier molecular flexibility index (Phi) is 3.19. The number of rotatable bonds is 1. The Morgan fingerprint density at radius 3 is 1.92 bits per heavy atom. The molecule has 2 unspecified atom stereocenters. The first kappa shape index (κ1) is 9.63. The lowest BCUT2D eigenvalue weighted by atomic mass is 10.1. The molecule has 0 N–H and O–H groups in total. The highest BCUT2D eigenvalue weighted by Crippen LogP contribution is 2.24. The van der Waals surface area contributed by atoms with Crippen molar-refractivity contribution in [3.63, 3.8) is 0 Å². The lowest BCUT2D eigenvalue weighted by molar-refractivity contribution is 0.210. The molecule has 70 valence electrons. The quantitative estimate of drug-likeness (QED) is 0.580. The largest absolute Gasteiger partial charge is 0.370 e. The predicted molar refractivity (Wildman–Crippen MR) is 54.0 cm³/mol. The van der Waals surface area contributed by atoms with E-state index in [1.165, 1.54) is 31.4 Å². The highest BCUT2D eigenvalue weighted by atomic mass is 15.2. The average Bonchev–Trinajstić information content (AvgIpc) is 2.11. The first-order valence-electron chi connectivity index (χ1n) is 5.06. The van der Waals surface area contributed by atoms with Gasteiger partial charge < -0.3 is 4.90 Å². The summed E-state index contributed by atoms with van der Waals surface area (Å²) in [5, 5.41) is 0. The molecule has 0 bridgehead atoms. The van der Waals surface area contributed by atoms with Gasteiger partial charge in [-0.1, -0.05) is 19.4 Å². The summed E-state index contributed by atoms with van der Waals surface area (Å²) in [6.07, 6.45) is 5.43. The minimum absolute atomic E-state index is 0.694. The van der Waals surface area contributed by atoms with Crippen molar-refractivity contribution in [3.05, 3.63) is 12.3 Å². The number of allylic oxidation sites excluding steroid dienone is 1. The minimum atomic E-state index is 0.694. The predicted octanol–water partition coefficient (Wildman–Crippen LogP) is 3.17. The maximum atomic E-state index is 4.05. The highest BCUT2D eigenvalue weighted by molar-refractivity contribution is 4.95. The maximum Gasteiger partial charge on any atom is 0.0261 e. The van der Waals surface area contributed by atoms with Crippen molar-refractivity contribution in [3.8, 4) is 0 Å². The van der Waals surface area contributed by atoms with E-state index in [9.17, 15) is 0 Å². The molecule has 1 saturated heterocycles. The summed E-state index contributed by atoms with van der Waals surface area (Å²) in [4.78, 5) is 2.48. The van der Waals surface area contributed by atoms with Crippen LogP contribution in [0.4, 0.5) is 0 Å². The molecule has 1 aliphatic rings. The van der Waals surface area contributed by atoms with Gasteiger partial charge in [-0.15, -0.1) is 0 Å². The number of nitrogens with zero attached hydrogens (tertiary/aromatic N) is 1. The second kappa shape index (κ2) is 3.97. The van der Waals surface area contributed by atoms with Gasteiger partial charge in [0.25, 0.3) is 0 Å². The molecular formula is C11H21N. The van der Waals surface area contributed by atoms with Crippen LogP contribution < -0.4 is 0 Å². The van der Waals surface area contributed by atoms with Crippen molar-refractivity contribution in [2.24, 2.45) is 0 Å². The third kappa shape index (κ3) is 2.02. The molecule has 1 rings (SSSR count). The first-order chi connectivity index (χ1) is 5.63. The monoisotopic (exact) mass is 167 g/mol. The molecule has 0 spiro atoms. The van der Waals surface area contributed by atoms with E-state index < -0.39 is 0 Å². The van der Waals surface area contributed by atoms with Gasteiger partial charge in [-0.3, -0.25) is 0 Å². The summed E-state index contributed by atoms with van der Waals surface area (Å²) in [5.74, 6) is 0. The van der Waals surface area contributed by atoms with Gasteiger partial charge >= 0.3 is 0 Å². The average molecular weight is 167 g/mol. The molecule has 1 nitrogen and oxygen atoms in total. The minimum Gasteiger partial charge on any atom is -0.370 e. The van der Waals surface area contributed by atoms with Crippen LogP contribution >= 0.6 is 0 Å². The van der Waals surface area contributed by atoms with E-state index in [-0.39, 0.29) is 0 Å². The fraction of sp³-hybridized carbons (Fsp3) is 0.818. The Morgan fingerprint density at radius 1 is 1.17 bits per heavy atom. The topological polar surface area (TPSA) is 3.24 Å². The Bertz CT molecular complexity index is 150. The molecule has 0 radical (unpaired) electrons. The van der Waals surface area contributed by atoms with Gasteiger partial charge in [0.05, 0.1) is 0 Å². The summed E-state index contributed by atoms with van der Waals surface area (Å²) >= 11 is 0. The molecule has 0 aromatic carbocycles. The maximum absolute atomic E-state index is 4.05. The summed E-state index contributed by atoms with van der Waals surface area (Å²) in [7, 11) is 0. The molecule has 2 atom stereocenters. The van der Waals surface area contributed by atoms with Crippen LogP contribution in [0.5, 0.6) is 0 Å². The van der Waals surface area contributed by atoms with Gasteiger partial charge in [0.1, 0.15) is 0 Å². The third-order valence-electron chi connectivity index (χ3n) is 2.88. The SMILES string of the molecule is C=C(C)N1C(C)CCCCC1C. The molecule has 1 heteroatoms. The number of likely N-dealkylation sites (tertiary alicyclic amines) is 1. The smallest absolute Gasteiger partial charge is 0.0261 e. The third-order valence-corrected chi connectivity index (χ3v) is 2.88. The van der Waals surface area contributed by atoms with E-state index in [0.717, 1.165) is 0 Å². The van der Waals surface area contributed by atoms with Crippen molar-refractivity contribution in [2.45, 2.75) is 58.5 Å². The summed E-state index contributed by atoms with van der Waals surface area (Å²) in [5.41, 5.74) is 1.23. The van der Waals surface area contributed by atoms with Crippen LogP contribution in [-0.4, -0.2) is 17.0 Å². The molecule has 0 saturated carbocycles. The summed E-state index contributed by atoms with van der Waals surface area (Å²) < 4.78 is 0. The summed E-state index contributed by atoms with van der Waals surface area (Å²) in [6, 6.07) is 1.39. The van der Waals surface area contributed by atoms with Crippen LogP contribution in [0.1, 0.15) is 46.5 Å². The molecule has 0 amide bonds. The van der Waals surface area contributed by atoms with Crippen LogP contribution in [0.25, 0.3) is 0 Å². The zero-order valence-electron chi connectivity index (χ0n) is 8.64. The van der Waals surface area contributed by atoms with Crippen molar-refractivity contribution < 1.29 is 0 Å². The molecule has 12 heavy (non-hydrogen) atoms. The normalized spacial score (nSPS) is 31.4. The lowest BCUT2D eigenvalue weighted by Gasteiger charge is -2.35. The van der Waals surface area contributed by atoms with E-state index in [2.05, 4.69) is 32.3 Å². The Labute approximate surface area is 76.5 Å². The van der Waals surface area contributed by atoms with E-state index in [1.54, 1.807) is 0 Å². The second-order valence-electron chi connectivity index (χ2n) is 4.13. The van der Waals surface area contributed by atoms with Crippen LogP contribution in [0.15, 0.2) is 12.3 Å².